The van der Waals surface area contributed by atoms with Crippen LogP contribution in [-0.4, -0.2) is 28.6 Å². The first-order valence-corrected chi connectivity index (χ1v) is 5.73. The van der Waals surface area contributed by atoms with Crippen molar-refractivity contribution in [3.63, 3.8) is 0 Å². The molecule has 0 unspecified atom stereocenters. The lowest BCUT2D eigenvalue weighted by atomic mass is 10.2. The van der Waals surface area contributed by atoms with Gasteiger partial charge in [-0.1, -0.05) is 6.92 Å². The van der Waals surface area contributed by atoms with Crippen molar-refractivity contribution in [2.75, 3.05) is 17.2 Å². The van der Waals surface area contributed by atoms with Gasteiger partial charge in [0.15, 0.2) is 5.82 Å². The summed E-state index contributed by atoms with van der Waals surface area (Å²) in [5.41, 5.74) is 6.21. The molecule has 5 nitrogen and oxygen atoms in total. The van der Waals surface area contributed by atoms with Crippen LogP contribution in [0.3, 0.4) is 0 Å². The highest BCUT2D eigenvalue weighted by molar-refractivity contribution is 5.96. The lowest BCUT2D eigenvalue weighted by Gasteiger charge is -2.28. The molecular formula is C12H19N3O2. The highest BCUT2D eigenvalue weighted by atomic mass is 16.4. The Morgan fingerprint density at radius 2 is 2.24 bits per heavy atom. The summed E-state index contributed by atoms with van der Waals surface area (Å²) in [6.45, 7) is 6.93. The number of carboxylic acids is 1. The van der Waals surface area contributed by atoms with Crippen LogP contribution in [0, 0.1) is 0 Å². The molecule has 0 saturated heterocycles. The van der Waals surface area contributed by atoms with Crippen LogP contribution in [0.2, 0.25) is 0 Å². The summed E-state index contributed by atoms with van der Waals surface area (Å²) in [7, 11) is 0. The van der Waals surface area contributed by atoms with Crippen LogP contribution >= 0.6 is 0 Å². The summed E-state index contributed by atoms with van der Waals surface area (Å²) < 4.78 is 0. The predicted molar refractivity (Wildman–Crippen MR) is 68.4 cm³/mol. The zero-order valence-electron chi connectivity index (χ0n) is 10.5. The Morgan fingerprint density at radius 3 is 2.71 bits per heavy atom. The van der Waals surface area contributed by atoms with Crippen molar-refractivity contribution in [2.24, 2.45) is 0 Å². The number of hydrogen-bond acceptors (Lipinski definition) is 4. The Morgan fingerprint density at radius 1 is 1.59 bits per heavy atom. The van der Waals surface area contributed by atoms with Gasteiger partial charge in [0.25, 0.3) is 0 Å². The van der Waals surface area contributed by atoms with Crippen molar-refractivity contribution in [3.8, 4) is 0 Å². The Kier molecular flexibility index (Phi) is 4.31. The molecule has 0 fully saturated rings. The third kappa shape index (κ3) is 2.87. The molecule has 1 heterocycles. The average molecular weight is 237 g/mol. The van der Waals surface area contributed by atoms with E-state index in [0.29, 0.717) is 5.82 Å². The lowest BCUT2D eigenvalue weighted by Crippen LogP contribution is -2.33. The summed E-state index contributed by atoms with van der Waals surface area (Å²) in [6.07, 6.45) is 2.44. The molecule has 0 spiro atoms. The molecule has 0 aromatic carbocycles. The summed E-state index contributed by atoms with van der Waals surface area (Å²) in [5, 5.41) is 9.01. The zero-order chi connectivity index (χ0) is 13.0. The van der Waals surface area contributed by atoms with Crippen molar-refractivity contribution in [1.29, 1.82) is 0 Å². The number of pyridine rings is 1. The molecule has 17 heavy (non-hydrogen) atoms. The Labute approximate surface area is 101 Å². The van der Waals surface area contributed by atoms with E-state index in [2.05, 4.69) is 11.9 Å². The topological polar surface area (TPSA) is 79.5 Å². The maximum Gasteiger partial charge on any atom is 0.337 e. The summed E-state index contributed by atoms with van der Waals surface area (Å²) >= 11 is 0. The van der Waals surface area contributed by atoms with Crippen LogP contribution in [-0.2, 0) is 0 Å². The van der Waals surface area contributed by atoms with Gasteiger partial charge in [-0.05, 0) is 26.3 Å². The minimum absolute atomic E-state index is 0.108. The first-order chi connectivity index (χ1) is 7.99. The minimum Gasteiger partial charge on any atom is -0.478 e. The highest BCUT2D eigenvalue weighted by Crippen LogP contribution is 2.25. The second-order valence-electron chi connectivity index (χ2n) is 4.19. The first-order valence-electron chi connectivity index (χ1n) is 5.73. The maximum atomic E-state index is 11.0. The van der Waals surface area contributed by atoms with E-state index in [4.69, 9.17) is 10.8 Å². The van der Waals surface area contributed by atoms with E-state index in [1.165, 1.54) is 12.3 Å². The predicted octanol–water partition coefficient (Wildman–Crippen LogP) is 1.99. The number of anilines is 2. The zero-order valence-corrected chi connectivity index (χ0v) is 10.5. The van der Waals surface area contributed by atoms with Gasteiger partial charge in [0.2, 0.25) is 0 Å². The van der Waals surface area contributed by atoms with Crippen molar-refractivity contribution in [2.45, 2.75) is 33.2 Å². The van der Waals surface area contributed by atoms with E-state index in [-0.39, 0.29) is 17.3 Å². The molecule has 5 heteroatoms. The maximum absolute atomic E-state index is 11.0. The number of aromatic nitrogens is 1. The van der Waals surface area contributed by atoms with Gasteiger partial charge in [0.1, 0.15) is 0 Å². The summed E-state index contributed by atoms with van der Waals surface area (Å²) in [5.74, 6) is -0.465. The van der Waals surface area contributed by atoms with E-state index in [0.717, 1.165) is 13.0 Å². The second kappa shape index (κ2) is 5.52. The second-order valence-corrected chi connectivity index (χ2v) is 4.19. The van der Waals surface area contributed by atoms with Gasteiger partial charge >= 0.3 is 5.97 Å². The van der Waals surface area contributed by atoms with Crippen molar-refractivity contribution in [3.05, 3.63) is 17.8 Å². The Hall–Kier alpha value is -1.78. The summed E-state index contributed by atoms with van der Waals surface area (Å²) in [4.78, 5) is 17.2. The number of nitrogens with zero attached hydrogens (tertiary/aromatic N) is 2. The molecule has 0 saturated carbocycles. The van der Waals surface area contributed by atoms with Gasteiger partial charge in [-0.3, -0.25) is 0 Å². The van der Waals surface area contributed by atoms with Crippen LogP contribution in [0.25, 0.3) is 0 Å². The van der Waals surface area contributed by atoms with E-state index >= 15 is 0 Å². The first kappa shape index (κ1) is 13.3. The smallest absolute Gasteiger partial charge is 0.337 e. The van der Waals surface area contributed by atoms with Crippen molar-refractivity contribution >= 4 is 17.5 Å². The molecule has 0 radical (unpaired) electrons. The van der Waals surface area contributed by atoms with Gasteiger partial charge < -0.3 is 15.7 Å². The molecule has 94 valence electrons. The largest absolute Gasteiger partial charge is 0.478 e. The third-order valence-corrected chi connectivity index (χ3v) is 2.56. The fourth-order valence-electron chi connectivity index (χ4n) is 1.73. The molecule has 0 aliphatic carbocycles. The molecule has 1 rings (SSSR count). The van der Waals surface area contributed by atoms with Crippen LogP contribution < -0.4 is 10.6 Å². The molecule has 1 aromatic heterocycles. The summed E-state index contributed by atoms with van der Waals surface area (Å²) in [6, 6.07) is 1.65. The quantitative estimate of drug-likeness (QED) is 0.818. The van der Waals surface area contributed by atoms with Gasteiger partial charge in [0, 0.05) is 18.8 Å². The highest BCUT2D eigenvalue weighted by Gasteiger charge is 2.18. The molecule has 0 atom stereocenters. The van der Waals surface area contributed by atoms with Gasteiger partial charge in [-0.2, -0.15) is 0 Å². The molecule has 0 aliphatic rings. The number of aromatic carboxylic acids is 1. The number of carboxylic acid groups (broad SMARTS) is 1. The molecule has 0 amide bonds. The minimum atomic E-state index is -1.02. The Balaban J connectivity index is 3.20. The number of nitrogens with two attached hydrogens (primary N) is 1. The standard InChI is InChI=1S/C12H19N3O2/c1-4-7-15(8(2)3)11-10(13)9(12(16)17)5-6-14-11/h5-6,8H,4,7,13H2,1-3H3,(H,16,17). The van der Waals surface area contributed by atoms with E-state index < -0.39 is 5.97 Å². The van der Waals surface area contributed by atoms with Crippen LogP contribution in [0.1, 0.15) is 37.6 Å². The molecule has 0 aliphatic heterocycles. The fourth-order valence-corrected chi connectivity index (χ4v) is 1.73. The Bertz CT molecular complexity index is 405. The normalized spacial score (nSPS) is 10.6. The van der Waals surface area contributed by atoms with Crippen molar-refractivity contribution in [1.82, 2.24) is 4.98 Å². The van der Waals surface area contributed by atoms with Gasteiger partial charge in [-0.15, -0.1) is 0 Å². The number of hydrogen-bond donors (Lipinski definition) is 2. The third-order valence-electron chi connectivity index (χ3n) is 2.56. The average Bonchev–Trinajstić information content (AvgIpc) is 2.26. The molecule has 0 bridgehead atoms. The van der Waals surface area contributed by atoms with Gasteiger partial charge in [0.05, 0.1) is 11.3 Å². The number of nitrogen functional groups attached to an aromatic ring is 1. The number of rotatable bonds is 5. The van der Waals surface area contributed by atoms with Crippen LogP contribution in [0.4, 0.5) is 11.5 Å². The SMILES string of the molecule is CCCN(c1nccc(C(=O)O)c1N)C(C)C. The molecule has 1 aromatic rings. The fraction of sp³-hybridized carbons (Fsp3) is 0.500. The van der Waals surface area contributed by atoms with Crippen molar-refractivity contribution < 1.29 is 9.90 Å². The van der Waals surface area contributed by atoms with E-state index in [9.17, 15) is 4.79 Å². The number of carbonyl (C=O) groups is 1. The van der Waals surface area contributed by atoms with Gasteiger partial charge in [-0.25, -0.2) is 9.78 Å². The van der Waals surface area contributed by atoms with Crippen LogP contribution in [0.15, 0.2) is 12.3 Å². The van der Waals surface area contributed by atoms with E-state index in [1.54, 1.807) is 0 Å². The monoisotopic (exact) mass is 237 g/mol. The van der Waals surface area contributed by atoms with E-state index in [1.807, 2.05) is 18.7 Å². The van der Waals surface area contributed by atoms with Crippen LogP contribution in [0.5, 0.6) is 0 Å². The lowest BCUT2D eigenvalue weighted by molar-refractivity contribution is 0.0698. The molecule has 3 N–H and O–H groups in total. The molecular weight excluding hydrogens is 218 g/mol.